The molecule has 0 saturated carbocycles. The summed E-state index contributed by atoms with van der Waals surface area (Å²) >= 11 is 0. The number of rotatable bonds is 15. The topological polar surface area (TPSA) is 86.8 Å². The third kappa shape index (κ3) is 9.55. The zero-order chi connectivity index (χ0) is 28.1. The van der Waals surface area contributed by atoms with Gasteiger partial charge in [0.05, 0.1) is 11.9 Å². The average molecular weight is 550 g/mol. The molecule has 0 radical (unpaired) electrons. The molecule has 0 aliphatic rings. The summed E-state index contributed by atoms with van der Waals surface area (Å²) < 4.78 is 26.3. The maximum atomic E-state index is 13.8. The summed E-state index contributed by atoms with van der Waals surface area (Å²) in [5, 5.41) is 3.02. The lowest BCUT2D eigenvalue weighted by atomic mass is 10.0. The highest BCUT2D eigenvalue weighted by molar-refractivity contribution is 7.92. The number of hydrogen-bond donors (Lipinski definition) is 1. The van der Waals surface area contributed by atoms with E-state index < -0.39 is 16.1 Å². The van der Waals surface area contributed by atoms with Crippen LogP contribution in [0.4, 0.5) is 5.69 Å². The first kappa shape index (κ1) is 29.9. The Morgan fingerprint density at radius 2 is 1.38 bits per heavy atom. The number of carbonyl (C=O) groups excluding carboxylic acids is 2. The summed E-state index contributed by atoms with van der Waals surface area (Å²) in [5.41, 5.74) is 2.45. The van der Waals surface area contributed by atoms with Gasteiger partial charge in [0.1, 0.15) is 6.04 Å². The first-order chi connectivity index (χ1) is 18.8. The molecular formula is C31H39N3O4S. The van der Waals surface area contributed by atoms with Gasteiger partial charge in [-0.2, -0.15) is 0 Å². The van der Waals surface area contributed by atoms with Gasteiger partial charge in [-0.1, -0.05) is 92.2 Å². The number of unbranched alkanes of at least 4 members (excludes halogenated alkanes) is 1. The lowest BCUT2D eigenvalue weighted by molar-refractivity contribution is -0.141. The van der Waals surface area contributed by atoms with E-state index in [1.807, 2.05) is 66.7 Å². The van der Waals surface area contributed by atoms with Crippen LogP contribution in [-0.4, -0.2) is 50.5 Å². The fourth-order valence-corrected chi connectivity index (χ4v) is 5.40. The molecule has 0 aliphatic heterocycles. The van der Waals surface area contributed by atoms with Crippen molar-refractivity contribution in [3.8, 4) is 0 Å². The molecule has 8 heteroatoms. The van der Waals surface area contributed by atoms with E-state index in [0.717, 1.165) is 24.0 Å². The van der Waals surface area contributed by atoms with Crippen LogP contribution in [0.1, 0.15) is 43.7 Å². The van der Waals surface area contributed by atoms with Crippen molar-refractivity contribution >= 4 is 27.5 Å². The Labute approximate surface area is 232 Å². The Morgan fingerprint density at radius 3 is 1.95 bits per heavy atom. The van der Waals surface area contributed by atoms with Gasteiger partial charge in [-0.3, -0.25) is 13.9 Å². The normalized spacial score (nSPS) is 11.9. The lowest BCUT2D eigenvalue weighted by Gasteiger charge is -2.32. The molecule has 1 unspecified atom stereocenters. The first-order valence-electron chi connectivity index (χ1n) is 13.5. The van der Waals surface area contributed by atoms with Gasteiger partial charge >= 0.3 is 0 Å². The Bertz CT molecular complexity index is 1270. The molecule has 0 heterocycles. The fraction of sp³-hybridized carbons (Fsp3) is 0.355. The summed E-state index contributed by atoms with van der Waals surface area (Å²) in [6, 6.07) is 27.5. The van der Waals surface area contributed by atoms with E-state index >= 15 is 0 Å². The summed E-state index contributed by atoms with van der Waals surface area (Å²) in [6.07, 6.45) is 3.80. The van der Waals surface area contributed by atoms with E-state index in [4.69, 9.17) is 0 Å². The van der Waals surface area contributed by atoms with E-state index in [9.17, 15) is 18.0 Å². The third-order valence-corrected chi connectivity index (χ3v) is 7.69. The van der Waals surface area contributed by atoms with Crippen LogP contribution in [0.25, 0.3) is 0 Å². The molecule has 0 aromatic heterocycles. The number of hydrogen-bond acceptors (Lipinski definition) is 4. The van der Waals surface area contributed by atoms with Crippen molar-refractivity contribution in [1.82, 2.24) is 10.2 Å². The van der Waals surface area contributed by atoms with Crippen LogP contribution >= 0.6 is 0 Å². The van der Waals surface area contributed by atoms with Crippen LogP contribution in [0.5, 0.6) is 0 Å². The van der Waals surface area contributed by atoms with Crippen molar-refractivity contribution in [2.75, 3.05) is 23.7 Å². The minimum Gasteiger partial charge on any atom is -0.354 e. The average Bonchev–Trinajstić information content (AvgIpc) is 2.94. The van der Waals surface area contributed by atoms with Crippen molar-refractivity contribution < 1.29 is 18.0 Å². The molecule has 2 amide bonds. The minimum absolute atomic E-state index is 0.110. The summed E-state index contributed by atoms with van der Waals surface area (Å²) in [5.74, 6) is -0.370. The van der Waals surface area contributed by atoms with Gasteiger partial charge in [0.2, 0.25) is 21.8 Å². The van der Waals surface area contributed by atoms with Crippen molar-refractivity contribution in [1.29, 1.82) is 0 Å². The van der Waals surface area contributed by atoms with Crippen LogP contribution in [0.3, 0.4) is 0 Å². The zero-order valence-electron chi connectivity index (χ0n) is 22.8. The number of para-hydroxylation sites is 1. The Morgan fingerprint density at radius 1 is 0.821 bits per heavy atom. The smallest absolute Gasteiger partial charge is 0.243 e. The molecule has 7 nitrogen and oxygen atoms in total. The second-order valence-corrected chi connectivity index (χ2v) is 11.5. The van der Waals surface area contributed by atoms with E-state index in [-0.39, 0.29) is 31.3 Å². The van der Waals surface area contributed by atoms with E-state index in [2.05, 4.69) is 12.2 Å². The number of sulfonamides is 1. The molecule has 0 spiro atoms. The predicted molar refractivity (Wildman–Crippen MR) is 157 cm³/mol. The molecule has 0 fully saturated rings. The summed E-state index contributed by atoms with van der Waals surface area (Å²) in [7, 11) is -3.52. The number of benzene rings is 3. The van der Waals surface area contributed by atoms with Crippen LogP contribution < -0.4 is 9.62 Å². The Balaban J connectivity index is 1.83. The summed E-state index contributed by atoms with van der Waals surface area (Å²) in [4.78, 5) is 28.9. The molecule has 3 aromatic rings. The van der Waals surface area contributed by atoms with Crippen molar-refractivity contribution in [3.05, 3.63) is 102 Å². The largest absolute Gasteiger partial charge is 0.354 e. The molecule has 208 valence electrons. The second kappa shape index (κ2) is 15.1. The SMILES string of the molecule is CCCCNC(=O)C(Cc1ccccc1)N(Cc1ccccc1)C(=O)CCCN(c1ccccc1)S(C)(=O)=O. The van der Waals surface area contributed by atoms with Crippen molar-refractivity contribution in [3.63, 3.8) is 0 Å². The van der Waals surface area contributed by atoms with Crippen LogP contribution in [0.2, 0.25) is 0 Å². The number of anilines is 1. The molecule has 0 aliphatic carbocycles. The number of carbonyl (C=O) groups is 2. The molecule has 39 heavy (non-hydrogen) atoms. The second-order valence-electron chi connectivity index (χ2n) is 9.63. The van der Waals surface area contributed by atoms with Gasteiger partial charge in [0, 0.05) is 32.5 Å². The van der Waals surface area contributed by atoms with Gasteiger partial charge < -0.3 is 10.2 Å². The third-order valence-electron chi connectivity index (χ3n) is 6.49. The highest BCUT2D eigenvalue weighted by Crippen LogP contribution is 2.20. The fourth-order valence-electron chi connectivity index (χ4n) is 4.44. The quantitative estimate of drug-likeness (QED) is 0.276. The molecule has 1 atom stereocenters. The van der Waals surface area contributed by atoms with Gasteiger partial charge in [0.15, 0.2) is 0 Å². The standard InChI is InChI=1S/C31H39N3O4S/c1-3-4-22-32-31(36)29(24-26-15-8-5-9-16-26)33(25-27-17-10-6-11-18-27)30(35)21-14-23-34(39(2,37)38)28-19-12-7-13-20-28/h5-13,15-20,29H,3-4,14,21-25H2,1-2H3,(H,32,36). The molecular weight excluding hydrogens is 510 g/mol. The Kier molecular flexibility index (Phi) is 11.6. The Hall–Kier alpha value is -3.65. The summed E-state index contributed by atoms with van der Waals surface area (Å²) in [6.45, 7) is 3.06. The van der Waals surface area contributed by atoms with Crippen LogP contribution in [-0.2, 0) is 32.6 Å². The van der Waals surface area contributed by atoms with Gasteiger partial charge in [-0.05, 0) is 36.1 Å². The maximum absolute atomic E-state index is 13.8. The first-order valence-corrected chi connectivity index (χ1v) is 15.3. The van der Waals surface area contributed by atoms with Gasteiger partial charge in [0.25, 0.3) is 0 Å². The van der Waals surface area contributed by atoms with Crippen LogP contribution in [0, 0.1) is 0 Å². The van der Waals surface area contributed by atoms with Crippen LogP contribution in [0.15, 0.2) is 91.0 Å². The van der Waals surface area contributed by atoms with E-state index in [1.165, 1.54) is 10.6 Å². The number of amides is 2. The van der Waals surface area contributed by atoms with E-state index in [0.29, 0.717) is 25.1 Å². The molecule has 3 aromatic carbocycles. The molecule has 1 N–H and O–H groups in total. The van der Waals surface area contributed by atoms with Crippen molar-refractivity contribution in [2.24, 2.45) is 0 Å². The maximum Gasteiger partial charge on any atom is 0.243 e. The molecule has 3 rings (SSSR count). The monoisotopic (exact) mass is 549 g/mol. The number of nitrogens with one attached hydrogen (secondary N) is 1. The highest BCUT2D eigenvalue weighted by atomic mass is 32.2. The van der Waals surface area contributed by atoms with Gasteiger partial charge in [-0.15, -0.1) is 0 Å². The highest BCUT2D eigenvalue weighted by Gasteiger charge is 2.30. The number of nitrogens with zero attached hydrogens (tertiary/aromatic N) is 2. The zero-order valence-corrected chi connectivity index (χ0v) is 23.6. The van der Waals surface area contributed by atoms with Crippen molar-refractivity contribution in [2.45, 2.75) is 51.6 Å². The van der Waals surface area contributed by atoms with E-state index in [1.54, 1.807) is 29.2 Å². The predicted octanol–water partition coefficient (Wildman–Crippen LogP) is 4.79. The van der Waals surface area contributed by atoms with Gasteiger partial charge in [-0.25, -0.2) is 8.42 Å². The lowest BCUT2D eigenvalue weighted by Crippen LogP contribution is -2.50. The minimum atomic E-state index is -3.52. The molecule has 0 saturated heterocycles. The molecule has 0 bridgehead atoms.